The molecule has 0 aromatic heterocycles. The molecule has 2 heterocycles. The minimum Gasteiger partial charge on any atom is -0.375 e. The number of hydrogen-bond acceptors (Lipinski definition) is 4. The molecule has 3 fully saturated rings. The van der Waals surface area contributed by atoms with E-state index in [1.807, 2.05) is 0 Å². The van der Waals surface area contributed by atoms with E-state index in [9.17, 15) is 0 Å². The van der Waals surface area contributed by atoms with Crippen molar-refractivity contribution in [1.29, 1.82) is 0 Å². The Morgan fingerprint density at radius 3 is 2.72 bits per heavy atom. The van der Waals surface area contributed by atoms with Gasteiger partial charge in [-0.05, 0) is 55.4 Å². The lowest BCUT2D eigenvalue weighted by Crippen LogP contribution is -2.50. The molecule has 0 aromatic carbocycles. The number of nitrogens with two attached hydrogens (primary N) is 1. The summed E-state index contributed by atoms with van der Waals surface area (Å²) in [4.78, 5) is 0. The number of hydrazine groups is 1. The predicted octanol–water partition coefficient (Wildman–Crippen LogP) is 2.31. The zero-order valence-corrected chi connectivity index (χ0v) is 12.0. The third-order valence-corrected chi connectivity index (χ3v) is 5.99. The van der Waals surface area contributed by atoms with Gasteiger partial charge in [0.1, 0.15) is 0 Å². The summed E-state index contributed by atoms with van der Waals surface area (Å²) in [5.74, 6) is 10.0. The first kappa shape index (κ1) is 13.2. The summed E-state index contributed by atoms with van der Waals surface area (Å²) in [7, 11) is 0. The highest BCUT2D eigenvalue weighted by Gasteiger charge is 2.41. The highest BCUT2D eigenvalue weighted by atomic mass is 32.2. The first-order chi connectivity index (χ1) is 8.81. The maximum Gasteiger partial charge on any atom is 0.0701 e. The van der Waals surface area contributed by atoms with Crippen LogP contribution in [0.15, 0.2) is 0 Å². The van der Waals surface area contributed by atoms with Crippen molar-refractivity contribution in [2.24, 2.45) is 17.7 Å². The van der Waals surface area contributed by atoms with Gasteiger partial charge in [-0.15, -0.1) is 0 Å². The van der Waals surface area contributed by atoms with Crippen LogP contribution < -0.4 is 11.3 Å². The van der Waals surface area contributed by atoms with Crippen molar-refractivity contribution in [1.82, 2.24) is 5.43 Å². The van der Waals surface area contributed by atoms with Gasteiger partial charge in [-0.1, -0.05) is 12.8 Å². The fourth-order valence-electron chi connectivity index (χ4n) is 3.61. The van der Waals surface area contributed by atoms with E-state index in [4.69, 9.17) is 10.6 Å². The molecule has 1 spiro atoms. The summed E-state index contributed by atoms with van der Waals surface area (Å²) in [6.07, 6.45) is 9.04. The molecule has 3 nitrogen and oxygen atoms in total. The Morgan fingerprint density at radius 2 is 2.06 bits per heavy atom. The average molecular weight is 270 g/mol. The smallest absolute Gasteiger partial charge is 0.0701 e. The maximum absolute atomic E-state index is 6.17. The first-order valence-corrected chi connectivity index (χ1v) is 8.65. The van der Waals surface area contributed by atoms with E-state index in [1.165, 1.54) is 56.5 Å². The normalized spacial score (nSPS) is 33.5. The second kappa shape index (κ2) is 5.70. The van der Waals surface area contributed by atoms with Gasteiger partial charge in [0, 0.05) is 12.6 Å². The van der Waals surface area contributed by atoms with Crippen molar-refractivity contribution < 1.29 is 4.74 Å². The molecule has 1 saturated carbocycles. The lowest BCUT2D eigenvalue weighted by molar-refractivity contribution is -0.107. The fraction of sp³-hybridized carbons (Fsp3) is 1.00. The molecule has 4 heteroatoms. The molecule has 104 valence electrons. The highest BCUT2D eigenvalue weighted by Crippen LogP contribution is 2.43. The minimum absolute atomic E-state index is 0.201. The number of hydrogen-bond donors (Lipinski definition) is 2. The van der Waals surface area contributed by atoms with Crippen molar-refractivity contribution in [3.63, 3.8) is 0 Å². The molecule has 1 aliphatic carbocycles. The van der Waals surface area contributed by atoms with Gasteiger partial charge in [0.05, 0.1) is 5.60 Å². The van der Waals surface area contributed by atoms with Crippen molar-refractivity contribution in [2.75, 3.05) is 18.1 Å². The van der Waals surface area contributed by atoms with Gasteiger partial charge in [-0.25, -0.2) is 0 Å². The van der Waals surface area contributed by atoms with Crippen molar-refractivity contribution in [3.05, 3.63) is 0 Å². The minimum atomic E-state index is 0.201. The molecule has 2 unspecified atom stereocenters. The second-order valence-electron chi connectivity index (χ2n) is 6.35. The van der Waals surface area contributed by atoms with Gasteiger partial charge < -0.3 is 4.74 Å². The predicted molar refractivity (Wildman–Crippen MR) is 76.4 cm³/mol. The standard InChI is InChI=1S/C14H26N2OS/c15-16-13(9-11-1-2-11)12-3-6-17-14(10-12)4-7-18-8-5-14/h11-13,16H,1-10,15H2. The zero-order chi connectivity index (χ0) is 12.4. The summed E-state index contributed by atoms with van der Waals surface area (Å²) in [6, 6.07) is 0.521. The molecule has 2 aliphatic heterocycles. The Balaban J connectivity index is 1.60. The molecule has 0 amide bonds. The third kappa shape index (κ3) is 3.03. The Hall–Kier alpha value is 0.230. The fourth-order valence-corrected chi connectivity index (χ4v) is 4.85. The van der Waals surface area contributed by atoms with Crippen LogP contribution in [-0.4, -0.2) is 29.8 Å². The SMILES string of the molecule is NNC(CC1CC1)C1CCOC2(CCSCC2)C1. The zero-order valence-electron chi connectivity index (χ0n) is 11.2. The number of nitrogens with one attached hydrogen (secondary N) is 1. The van der Waals surface area contributed by atoms with Crippen LogP contribution in [0.4, 0.5) is 0 Å². The van der Waals surface area contributed by atoms with E-state index in [-0.39, 0.29) is 5.60 Å². The number of thioether (sulfide) groups is 1. The molecule has 0 bridgehead atoms. The molecule has 2 atom stereocenters. The summed E-state index contributed by atoms with van der Waals surface area (Å²) in [5, 5.41) is 0. The molecule has 0 radical (unpaired) electrons. The van der Waals surface area contributed by atoms with Crippen LogP contribution in [0, 0.1) is 11.8 Å². The van der Waals surface area contributed by atoms with E-state index in [0.29, 0.717) is 6.04 Å². The van der Waals surface area contributed by atoms with Crippen LogP contribution in [0.5, 0.6) is 0 Å². The summed E-state index contributed by atoms with van der Waals surface area (Å²) >= 11 is 2.08. The maximum atomic E-state index is 6.17. The number of ether oxygens (including phenoxy) is 1. The largest absolute Gasteiger partial charge is 0.375 e. The quantitative estimate of drug-likeness (QED) is 0.608. The van der Waals surface area contributed by atoms with Crippen LogP contribution in [0.1, 0.15) is 44.9 Å². The van der Waals surface area contributed by atoms with Crippen LogP contribution in [0.25, 0.3) is 0 Å². The third-order valence-electron chi connectivity index (χ3n) is 5.00. The van der Waals surface area contributed by atoms with Gasteiger partial charge in [0.25, 0.3) is 0 Å². The topological polar surface area (TPSA) is 47.3 Å². The van der Waals surface area contributed by atoms with Crippen LogP contribution in [-0.2, 0) is 4.74 Å². The Labute approximate surface area is 115 Å². The monoisotopic (exact) mass is 270 g/mol. The van der Waals surface area contributed by atoms with E-state index in [1.54, 1.807) is 0 Å². The van der Waals surface area contributed by atoms with E-state index in [0.717, 1.165) is 18.4 Å². The molecular formula is C14H26N2OS. The second-order valence-corrected chi connectivity index (χ2v) is 7.57. The summed E-state index contributed by atoms with van der Waals surface area (Å²) in [6.45, 7) is 0.943. The first-order valence-electron chi connectivity index (χ1n) is 7.49. The summed E-state index contributed by atoms with van der Waals surface area (Å²) < 4.78 is 6.17. The highest BCUT2D eigenvalue weighted by molar-refractivity contribution is 7.99. The molecule has 0 aromatic rings. The lowest BCUT2D eigenvalue weighted by Gasteiger charge is -2.45. The Morgan fingerprint density at radius 1 is 1.28 bits per heavy atom. The molecule has 3 aliphatic rings. The van der Waals surface area contributed by atoms with Crippen LogP contribution in [0.2, 0.25) is 0 Å². The van der Waals surface area contributed by atoms with Crippen LogP contribution >= 0.6 is 11.8 Å². The average Bonchev–Trinajstić information content (AvgIpc) is 3.21. The lowest BCUT2D eigenvalue weighted by atomic mass is 9.77. The van der Waals surface area contributed by atoms with Gasteiger partial charge >= 0.3 is 0 Å². The molecular weight excluding hydrogens is 244 g/mol. The van der Waals surface area contributed by atoms with Crippen molar-refractivity contribution in [3.8, 4) is 0 Å². The van der Waals surface area contributed by atoms with Crippen LogP contribution in [0.3, 0.4) is 0 Å². The van der Waals surface area contributed by atoms with Gasteiger partial charge in [-0.3, -0.25) is 11.3 Å². The van der Waals surface area contributed by atoms with E-state index < -0.39 is 0 Å². The summed E-state index contributed by atoms with van der Waals surface area (Å²) in [5.41, 5.74) is 3.31. The molecule has 18 heavy (non-hydrogen) atoms. The van der Waals surface area contributed by atoms with E-state index >= 15 is 0 Å². The van der Waals surface area contributed by atoms with Crippen molar-refractivity contribution >= 4 is 11.8 Å². The Bertz CT molecular complexity index is 271. The molecule has 2 saturated heterocycles. The molecule has 3 rings (SSSR count). The Kier molecular flexibility index (Phi) is 4.18. The van der Waals surface area contributed by atoms with Gasteiger partial charge in [0.15, 0.2) is 0 Å². The van der Waals surface area contributed by atoms with Gasteiger partial charge in [-0.2, -0.15) is 11.8 Å². The van der Waals surface area contributed by atoms with E-state index in [2.05, 4.69) is 17.2 Å². The number of rotatable bonds is 4. The molecule has 3 N–H and O–H groups in total. The van der Waals surface area contributed by atoms with Crippen molar-refractivity contribution in [2.45, 2.75) is 56.6 Å². The van der Waals surface area contributed by atoms with Gasteiger partial charge in [0.2, 0.25) is 0 Å².